The van der Waals surface area contributed by atoms with Gasteiger partial charge in [-0.05, 0) is 40.5 Å². The molecule has 2 N–H and O–H groups in total. The lowest BCUT2D eigenvalue weighted by molar-refractivity contribution is 0.497. The zero-order chi connectivity index (χ0) is 12.9. The van der Waals surface area contributed by atoms with Crippen LogP contribution < -0.4 is 5.73 Å². The molecule has 2 aromatic rings. The topological polar surface area (TPSA) is 69.6 Å². The molecule has 1 atom stereocenters. The second-order valence-corrected chi connectivity index (χ2v) is 5.80. The summed E-state index contributed by atoms with van der Waals surface area (Å²) in [6, 6.07) is 5.72. The van der Waals surface area contributed by atoms with Crippen LogP contribution in [0.1, 0.15) is 26.3 Å². The Morgan fingerprint density at radius 3 is 2.78 bits per heavy atom. The fourth-order valence-corrected chi connectivity index (χ4v) is 2.42. The van der Waals surface area contributed by atoms with Gasteiger partial charge in [0.15, 0.2) is 5.82 Å². The monoisotopic (exact) mass is 263 g/mol. The molecule has 5 nitrogen and oxygen atoms in total. The molecule has 1 aromatic heterocycles. The van der Waals surface area contributed by atoms with Gasteiger partial charge in [0.2, 0.25) is 0 Å². The number of nitrogens with zero attached hydrogens (tertiary/aromatic N) is 4. The van der Waals surface area contributed by atoms with Crippen molar-refractivity contribution in [2.24, 2.45) is 5.41 Å². The van der Waals surface area contributed by atoms with E-state index in [0.29, 0.717) is 22.6 Å². The van der Waals surface area contributed by atoms with Gasteiger partial charge in [0.05, 0.1) is 11.1 Å². The molecular formula is C12H14ClN5. The summed E-state index contributed by atoms with van der Waals surface area (Å²) in [5, 5.41) is 12.5. The van der Waals surface area contributed by atoms with E-state index < -0.39 is 0 Å². The predicted molar refractivity (Wildman–Crippen MR) is 70.1 cm³/mol. The zero-order valence-electron chi connectivity index (χ0n) is 10.3. The lowest BCUT2D eigenvalue weighted by Crippen LogP contribution is -2.05. The Balaban J connectivity index is 2.05. The molecule has 0 aliphatic heterocycles. The van der Waals surface area contributed by atoms with Crippen molar-refractivity contribution in [2.75, 3.05) is 5.73 Å². The van der Waals surface area contributed by atoms with Crippen LogP contribution in [0.15, 0.2) is 18.2 Å². The molecule has 0 bridgehead atoms. The highest BCUT2D eigenvalue weighted by Crippen LogP contribution is 2.56. The van der Waals surface area contributed by atoms with Gasteiger partial charge in [0.25, 0.3) is 0 Å². The van der Waals surface area contributed by atoms with Crippen LogP contribution in [0.5, 0.6) is 0 Å². The first kappa shape index (κ1) is 11.5. The van der Waals surface area contributed by atoms with E-state index in [0.717, 1.165) is 12.0 Å². The molecule has 1 aromatic carbocycles. The first-order valence-electron chi connectivity index (χ1n) is 5.82. The number of tetrazole rings is 1. The molecule has 0 radical (unpaired) electrons. The highest BCUT2D eigenvalue weighted by Gasteiger charge is 2.49. The van der Waals surface area contributed by atoms with E-state index in [1.807, 2.05) is 10.7 Å². The first-order valence-corrected chi connectivity index (χ1v) is 6.20. The molecule has 1 fully saturated rings. The summed E-state index contributed by atoms with van der Waals surface area (Å²) in [7, 11) is 0. The van der Waals surface area contributed by atoms with E-state index in [2.05, 4.69) is 29.4 Å². The minimum atomic E-state index is 0.254. The van der Waals surface area contributed by atoms with Crippen LogP contribution >= 0.6 is 11.6 Å². The minimum Gasteiger partial charge on any atom is -0.399 e. The Kier molecular flexibility index (Phi) is 2.35. The largest absolute Gasteiger partial charge is 0.399 e. The van der Waals surface area contributed by atoms with Gasteiger partial charge in [0, 0.05) is 11.3 Å². The van der Waals surface area contributed by atoms with Crippen LogP contribution in [0.4, 0.5) is 5.69 Å². The quantitative estimate of drug-likeness (QED) is 0.846. The summed E-state index contributed by atoms with van der Waals surface area (Å²) >= 11 is 6.20. The maximum absolute atomic E-state index is 6.20. The van der Waals surface area contributed by atoms with Gasteiger partial charge >= 0.3 is 0 Å². The van der Waals surface area contributed by atoms with E-state index in [4.69, 9.17) is 17.3 Å². The molecule has 0 amide bonds. The van der Waals surface area contributed by atoms with Crippen LogP contribution in [0.3, 0.4) is 0 Å². The minimum absolute atomic E-state index is 0.254. The smallest absolute Gasteiger partial charge is 0.183 e. The Hall–Kier alpha value is -1.62. The SMILES string of the molecule is CC1(C)CC1n1nnnc1-c1ccc(N)cc1Cl. The summed E-state index contributed by atoms with van der Waals surface area (Å²) in [5.41, 5.74) is 7.40. The van der Waals surface area contributed by atoms with Crippen molar-refractivity contribution in [2.45, 2.75) is 26.3 Å². The molecule has 1 heterocycles. The van der Waals surface area contributed by atoms with Crippen molar-refractivity contribution in [1.29, 1.82) is 0 Å². The molecule has 0 spiro atoms. The molecule has 3 rings (SSSR count). The van der Waals surface area contributed by atoms with Gasteiger partial charge in [-0.2, -0.15) is 0 Å². The van der Waals surface area contributed by atoms with Crippen molar-refractivity contribution >= 4 is 17.3 Å². The molecule has 18 heavy (non-hydrogen) atoms. The number of nitrogen functional groups attached to an aromatic ring is 1. The van der Waals surface area contributed by atoms with Crippen molar-refractivity contribution < 1.29 is 0 Å². The fourth-order valence-electron chi connectivity index (χ4n) is 2.15. The molecule has 6 heteroatoms. The number of benzene rings is 1. The number of halogens is 1. The van der Waals surface area contributed by atoms with E-state index in [1.54, 1.807) is 12.1 Å². The van der Waals surface area contributed by atoms with Crippen molar-refractivity contribution in [3.05, 3.63) is 23.2 Å². The Bertz CT molecular complexity index is 604. The number of rotatable bonds is 2. The Morgan fingerprint density at radius 1 is 1.44 bits per heavy atom. The van der Waals surface area contributed by atoms with Crippen LogP contribution in [-0.4, -0.2) is 20.2 Å². The van der Waals surface area contributed by atoms with Gasteiger partial charge in [-0.15, -0.1) is 5.10 Å². The predicted octanol–water partition coefficient (Wildman–Crippen LogP) is 2.55. The van der Waals surface area contributed by atoms with Crippen LogP contribution in [0.2, 0.25) is 5.02 Å². The third kappa shape index (κ3) is 1.75. The summed E-state index contributed by atoms with van der Waals surface area (Å²) in [6.45, 7) is 4.40. The summed E-state index contributed by atoms with van der Waals surface area (Å²) in [4.78, 5) is 0. The first-order chi connectivity index (χ1) is 8.49. The van der Waals surface area contributed by atoms with Gasteiger partial charge in [-0.1, -0.05) is 25.4 Å². The number of hydrogen-bond acceptors (Lipinski definition) is 4. The van der Waals surface area contributed by atoms with E-state index in [-0.39, 0.29) is 5.41 Å². The standard InChI is InChI=1S/C12H14ClN5/c1-12(2)6-10(12)18-11(15-16-17-18)8-4-3-7(14)5-9(8)13/h3-5,10H,6,14H2,1-2H3. The lowest BCUT2D eigenvalue weighted by Gasteiger charge is -2.08. The second kappa shape index (κ2) is 3.68. The highest BCUT2D eigenvalue weighted by molar-refractivity contribution is 6.33. The maximum Gasteiger partial charge on any atom is 0.183 e. The number of nitrogens with two attached hydrogens (primary N) is 1. The second-order valence-electron chi connectivity index (χ2n) is 5.39. The summed E-state index contributed by atoms with van der Waals surface area (Å²) < 4.78 is 1.86. The molecule has 1 aliphatic carbocycles. The fraction of sp³-hybridized carbons (Fsp3) is 0.417. The van der Waals surface area contributed by atoms with Crippen LogP contribution in [0.25, 0.3) is 11.4 Å². The van der Waals surface area contributed by atoms with Crippen LogP contribution in [0, 0.1) is 5.41 Å². The van der Waals surface area contributed by atoms with Crippen LogP contribution in [-0.2, 0) is 0 Å². The molecule has 0 saturated heterocycles. The third-order valence-electron chi connectivity index (χ3n) is 3.48. The van der Waals surface area contributed by atoms with Crippen molar-refractivity contribution in [1.82, 2.24) is 20.2 Å². The summed E-state index contributed by atoms with van der Waals surface area (Å²) in [6.07, 6.45) is 1.08. The normalized spacial score (nSPS) is 20.9. The van der Waals surface area contributed by atoms with E-state index in [9.17, 15) is 0 Å². The number of hydrogen-bond donors (Lipinski definition) is 1. The molecule has 1 saturated carbocycles. The van der Waals surface area contributed by atoms with E-state index in [1.165, 1.54) is 0 Å². The Morgan fingerprint density at radius 2 is 2.17 bits per heavy atom. The van der Waals surface area contributed by atoms with Crippen molar-refractivity contribution in [3.8, 4) is 11.4 Å². The van der Waals surface area contributed by atoms with Crippen molar-refractivity contribution in [3.63, 3.8) is 0 Å². The third-order valence-corrected chi connectivity index (χ3v) is 3.80. The molecule has 94 valence electrons. The van der Waals surface area contributed by atoms with Gasteiger partial charge < -0.3 is 5.73 Å². The molecular weight excluding hydrogens is 250 g/mol. The number of aromatic nitrogens is 4. The average Bonchev–Trinajstić information content (AvgIpc) is 2.74. The number of anilines is 1. The highest BCUT2D eigenvalue weighted by atomic mass is 35.5. The van der Waals surface area contributed by atoms with Gasteiger partial charge in [-0.25, -0.2) is 4.68 Å². The molecule has 1 aliphatic rings. The molecule has 1 unspecified atom stereocenters. The lowest BCUT2D eigenvalue weighted by atomic mass is 10.1. The Labute approximate surface area is 110 Å². The summed E-state index contributed by atoms with van der Waals surface area (Å²) in [5.74, 6) is 0.704. The van der Waals surface area contributed by atoms with E-state index >= 15 is 0 Å². The maximum atomic E-state index is 6.20. The average molecular weight is 264 g/mol. The van der Waals surface area contributed by atoms with Gasteiger partial charge in [-0.3, -0.25) is 0 Å². The zero-order valence-corrected chi connectivity index (χ0v) is 11.0. The van der Waals surface area contributed by atoms with Gasteiger partial charge in [0.1, 0.15) is 0 Å².